The number of ether oxygens (including phenoxy) is 2. The minimum Gasteiger partial charge on any atom is -0.465 e. The van der Waals surface area contributed by atoms with Crippen LogP contribution in [0, 0.1) is 29.1 Å². The van der Waals surface area contributed by atoms with E-state index in [1.165, 1.54) is 18.4 Å². The Labute approximate surface area is 207 Å². The number of aliphatic hydroxyl groups excluding tert-OH is 1. The summed E-state index contributed by atoms with van der Waals surface area (Å²) < 4.78 is 10.4. The molecule has 34 heavy (non-hydrogen) atoms. The third-order valence-electron chi connectivity index (χ3n) is 8.05. The average Bonchev–Trinajstić information content (AvgIpc) is 2.98. The minimum atomic E-state index is -0.441. The first-order valence-electron chi connectivity index (χ1n) is 13.2. The van der Waals surface area contributed by atoms with Gasteiger partial charge in [-0.05, 0) is 73.8 Å². The summed E-state index contributed by atoms with van der Waals surface area (Å²) in [4.78, 5) is 23.3. The number of hydrogen-bond acceptors (Lipinski definition) is 5. The third-order valence-corrected chi connectivity index (χ3v) is 8.05. The lowest BCUT2D eigenvalue weighted by atomic mass is 9.55. The number of aliphatic hydroxyl groups is 1. The third kappa shape index (κ3) is 7.83. The second kappa shape index (κ2) is 14.5. The van der Waals surface area contributed by atoms with E-state index in [0.29, 0.717) is 29.4 Å². The molecule has 0 amide bonds. The predicted molar refractivity (Wildman–Crippen MR) is 138 cm³/mol. The van der Waals surface area contributed by atoms with Crippen molar-refractivity contribution in [1.82, 2.24) is 0 Å². The molecule has 6 unspecified atom stereocenters. The minimum absolute atomic E-state index is 0.0179. The van der Waals surface area contributed by atoms with Gasteiger partial charge in [-0.2, -0.15) is 0 Å². The largest absolute Gasteiger partial charge is 0.465 e. The number of allylic oxidation sites excluding steroid dienone is 4. The quantitative estimate of drug-likeness (QED) is 0.238. The first kappa shape index (κ1) is 30.2. The molecule has 5 nitrogen and oxygen atoms in total. The summed E-state index contributed by atoms with van der Waals surface area (Å²) in [7, 11) is 0. The Kier molecular flexibility index (Phi) is 12.9. The maximum atomic E-state index is 12.1. The van der Waals surface area contributed by atoms with Crippen LogP contribution in [0.1, 0.15) is 93.4 Å². The molecule has 0 aromatic carbocycles. The van der Waals surface area contributed by atoms with Gasteiger partial charge in [-0.15, -0.1) is 0 Å². The molecule has 5 heteroatoms. The second-order valence-electron chi connectivity index (χ2n) is 9.85. The summed E-state index contributed by atoms with van der Waals surface area (Å²) in [5, 5.41) is 10.5. The summed E-state index contributed by atoms with van der Waals surface area (Å²) in [6.07, 6.45) is 11.2. The summed E-state index contributed by atoms with van der Waals surface area (Å²) in [6.45, 7) is 18.3. The van der Waals surface area contributed by atoms with E-state index in [1.54, 1.807) is 13.0 Å². The Bertz CT molecular complexity index is 735. The predicted octanol–water partition coefficient (Wildman–Crippen LogP) is 6.76. The number of carbonyl (C=O) groups is 2. The molecule has 0 aromatic rings. The fourth-order valence-corrected chi connectivity index (χ4v) is 5.53. The molecule has 6 atom stereocenters. The van der Waals surface area contributed by atoms with Crippen LogP contribution in [0.4, 0.5) is 0 Å². The highest BCUT2D eigenvalue weighted by atomic mass is 16.5. The summed E-state index contributed by atoms with van der Waals surface area (Å²) in [5.74, 6) is 1.60. The van der Waals surface area contributed by atoms with Crippen molar-refractivity contribution in [2.45, 2.75) is 99.5 Å². The zero-order valence-electron chi connectivity index (χ0n) is 22.6. The standard InChI is InChI=1S/C27H42O5.C2H6/c1-7-21(32-26(30)15-17-31-25(29)8-2)12-13-22-18(3)10-9-11-23-19(4)27(6,20(5)28)16-14-24(22)23;1-2/h7,12-13,18-20,23-24,28H,1,8-11,14-17H2,2-6H3;1-2H3/b21-12+,22-13+;. The lowest BCUT2D eigenvalue weighted by Gasteiger charge is -2.50. The van der Waals surface area contributed by atoms with Crippen LogP contribution < -0.4 is 0 Å². The molecule has 2 aliphatic carbocycles. The van der Waals surface area contributed by atoms with Crippen LogP contribution in [0.5, 0.6) is 0 Å². The van der Waals surface area contributed by atoms with Gasteiger partial charge in [0.05, 0.1) is 12.5 Å². The Morgan fingerprint density at radius 2 is 1.88 bits per heavy atom. The zero-order chi connectivity index (χ0) is 25.9. The normalized spacial score (nSPS) is 31.3. The van der Waals surface area contributed by atoms with Crippen molar-refractivity contribution in [2.24, 2.45) is 29.1 Å². The monoisotopic (exact) mass is 476 g/mol. The Hall–Kier alpha value is -1.88. The van der Waals surface area contributed by atoms with E-state index in [1.807, 2.05) is 26.8 Å². The lowest BCUT2D eigenvalue weighted by Crippen LogP contribution is -2.46. The van der Waals surface area contributed by atoms with Crippen molar-refractivity contribution >= 4 is 11.9 Å². The summed E-state index contributed by atoms with van der Waals surface area (Å²) in [5.41, 5.74) is 1.37. The Morgan fingerprint density at radius 1 is 1.21 bits per heavy atom. The molecule has 0 aliphatic heterocycles. The van der Waals surface area contributed by atoms with Crippen molar-refractivity contribution in [3.63, 3.8) is 0 Å². The molecule has 2 saturated carbocycles. The van der Waals surface area contributed by atoms with Gasteiger partial charge in [-0.3, -0.25) is 9.59 Å². The maximum absolute atomic E-state index is 12.1. The van der Waals surface area contributed by atoms with Gasteiger partial charge in [0.2, 0.25) is 0 Å². The van der Waals surface area contributed by atoms with Crippen LogP contribution in [-0.2, 0) is 19.1 Å². The highest BCUT2D eigenvalue weighted by molar-refractivity contribution is 5.72. The van der Waals surface area contributed by atoms with E-state index in [9.17, 15) is 14.7 Å². The van der Waals surface area contributed by atoms with Gasteiger partial charge in [0, 0.05) is 6.42 Å². The van der Waals surface area contributed by atoms with Crippen molar-refractivity contribution < 1.29 is 24.2 Å². The van der Waals surface area contributed by atoms with Crippen LogP contribution in [0.3, 0.4) is 0 Å². The van der Waals surface area contributed by atoms with E-state index in [4.69, 9.17) is 9.47 Å². The van der Waals surface area contributed by atoms with Crippen LogP contribution in [0.25, 0.3) is 0 Å². The Balaban J connectivity index is 0.00000281. The van der Waals surface area contributed by atoms with Crippen LogP contribution in [0.2, 0.25) is 0 Å². The van der Waals surface area contributed by atoms with E-state index < -0.39 is 5.97 Å². The Morgan fingerprint density at radius 3 is 2.47 bits per heavy atom. The van der Waals surface area contributed by atoms with Gasteiger partial charge >= 0.3 is 11.9 Å². The fraction of sp³-hybridized carbons (Fsp3) is 0.724. The van der Waals surface area contributed by atoms with Crippen molar-refractivity contribution in [3.05, 3.63) is 36.1 Å². The molecular weight excluding hydrogens is 428 g/mol. The van der Waals surface area contributed by atoms with Crippen molar-refractivity contribution in [3.8, 4) is 0 Å². The number of esters is 2. The maximum Gasteiger partial charge on any atom is 0.314 e. The topological polar surface area (TPSA) is 72.8 Å². The lowest BCUT2D eigenvalue weighted by molar-refractivity contribution is -0.146. The van der Waals surface area contributed by atoms with Crippen LogP contribution in [-0.4, -0.2) is 29.8 Å². The fourth-order valence-electron chi connectivity index (χ4n) is 5.53. The molecule has 0 aromatic heterocycles. The van der Waals surface area contributed by atoms with Crippen molar-refractivity contribution in [2.75, 3.05) is 6.61 Å². The highest BCUT2D eigenvalue weighted by Crippen LogP contribution is 2.54. The van der Waals surface area contributed by atoms with E-state index in [2.05, 4.69) is 33.4 Å². The van der Waals surface area contributed by atoms with Gasteiger partial charge in [0.15, 0.2) is 0 Å². The van der Waals surface area contributed by atoms with Gasteiger partial charge in [0.1, 0.15) is 12.4 Å². The number of hydrogen-bond donors (Lipinski definition) is 1. The van der Waals surface area contributed by atoms with E-state index >= 15 is 0 Å². The molecule has 1 N–H and O–H groups in total. The average molecular weight is 477 g/mol. The molecule has 0 spiro atoms. The first-order chi connectivity index (χ1) is 16.1. The number of rotatable bonds is 8. The highest BCUT2D eigenvalue weighted by Gasteiger charge is 2.48. The summed E-state index contributed by atoms with van der Waals surface area (Å²) in [6, 6.07) is 0. The van der Waals surface area contributed by atoms with E-state index in [0.717, 1.165) is 19.3 Å². The molecule has 2 rings (SSSR count). The number of fused-ring (bicyclic) bond motifs is 1. The molecule has 2 fully saturated rings. The molecule has 0 heterocycles. The van der Waals surface area contributed by atoms with Gasteiger partial charge in [0.25, 0.3) is 0 Å². The molecular formula is C29H48O5. The van der Waals surface area contributed by atoms with Gasteiger partial charge in [-0.25, -0.2) is 0 Å². The van der Waals surface area contributed by atoms with Gasteiger partial charge in [-0.1, -0.05) is 66.2 Å². The first-order valence-corrected chi connectivity index (χ1v) is 13.2. The molecule has 0 bridgehead atoms. The second-order valence-corrected chi connectivity index (χ2v) is 9.85. The zero-order valence-corrected chi connectivity index (χ0v) is 22.6. The molecule has 0 saturated heterocycles. The van der Waals surface area contributed by atoms with Crippen molar-refractivity contribution in [1.29, 1.82) is 0 Å². The molecule has 0 radical (unpaired) electrons. The summed E-state index contributed by atoms with van der Waals surface area (Å²) >= 11 is 0. The number of carbonyl (C=O) groups excluding carboxylic acids is 2. The molecule has 2 aliphatic rings. The smallest absolute Gasteiger partial charge is 0.314 e. The molecule has 194 valence electrons. The van der Waals surface area contributed by atoms with Crippen LogP contribution >= 0.6 is 0 Å². The van der Waals surface area contributed by atoms with Gasteiger partial charge < -0.3 is 14.6 Å². The SMILES string of the molecule is C=C/C(=C\C=C1/C(C)CCCC2C1CCC(C)(C(C)O)C2C)OC(=O)CCOC(=O)CC.CC. The van der Waals surface area contributed by atoms with E-state index in [-0.39, 0.29) is 36.9 Å². The van der Waals surface area contributed by atoms with Crippen LogP contribution in [0.15, 0.2) is 36.1 Å².